The summed E-state index contributed by atoms with van der Waals surface area (Å²) in [5.41, 5.74) is 2.68. The third-order valence-electron chi connectivity index (χ3n) is 5.88. The zero-order valence-corrected chi connectivity index (χ0v) is 30.9. The van der Waals surface area contributed by atoms with E-state index in [-0.39, 0.29) is 44.6 Å². The number of rotatable bonds is 9. The van der Waals surface area contributed by atoms with Crippen molar-refractivity contribution in [3.63, 3.8) is 0 Å². The lowest BCUT2D eigenvalue weighted by atomic mass is 10.2. The first-order valence-electron chi connectivity index (χ1n) is 16.1. The minimum atomic E-state index is 0. The molecule has 5 heteroatoms. The van der Waals surface area contributed by atoms with Crippen LogP contribution >= 0.6 is 11.6 Å². The van der Waals surface area contributed by atoms with Crippen LogP contribution in [0.5, 0.6) is 23.0 Å². The van der Waals surface area contributed by atoms with Crippen LogP contribution in [0, 0.1) is 191 Å². The highest BCUT2D eigenvalue weighted by Crippen LogP contribution is 2.31. The van der Waals surface area contributed by atoms with Crippen molar-refractivity contribution in [3.05, 3.63) is 83.4 Å². The van der Waals surface area contributed by atoms with Crippen LogP contribution in [0.2, 0.25) is 0 Å². The number of hydrogen-bond donors (Lipinski definition) is 0. The van der Waals surface area contributed by atoms with E-state index in [4.69, 9.17) is 43.4 Å². The Hall–Kier alpha value is -9.89. The molecule has 3 aromatic carbocycles. The third kappa shape index (κ3) is 19.6. The van der Waals surface area contributed by atoms with Gasteiger partial charge in [0.05, 0.1) is 0 Å². The summed E-state index contributed by atoms with van der Waals surface area (Å²) in [5.74, 6) is 71.8. The van der Waals surface area contributed by atoms with Gasteiger partial charge in [0.25, 0.3) is 0 Å². The van der Waals surface area contributed by atoms with E-state index in [1.54, 1.807) is 24.3 Å². The molecule has 0 atom stereocenters. The number of alkyl halides is 1. The first kappa shape index (κ1) is 42.5. The normalized spacial score (nSPS) is 7.02. The first-order valence-corrected chi connectivity index (χ1v) is 16.6. The molecule has 0 aliphatic heterocycles. The summed E-state index contributed by atoms with van der Waals surface area (Å²) in [7, 11) is 0. The highest BCUT2D eigenvalue weighted by atomic mass is 35.5. The molecule has 0 heterocycles. The van der Waals surface area contributed by atoms with Gasteiger partial charge in [0.15, 0.2) is 11.5 Å². The van der Waals surface area contributed by atoms with Crippen molar-refractivity contribution in [1.82, 2.24) is 0 Å². The summed E-state index contributed by atoms with van der Waals surface area (Å²) in [5, 5.41) is 0. The molecule has 3 aromatic rings. The lowest BCUT2D eigenvalue weighted by Crippen LogP contribution is -2.01. The average molecular weight is 800 g/mol. The molecule has 0 aromatic heterocycles. The average Bonchev–Trinajstić information content (AvgIpc) is 3.25. The summed E-state index contributed by atoms with van der Waals surface area (Å²) in [6, 6.07) is 20.1. The van der Waals surface area contributed by atoms with Crippen LogP contribution in [-0.4, -0.2) is 0 Å². The van der Waals surface area contributed by atoms with Gasteiger partial charge >= 0.3 is 0 Å². The van der Waals surface area contributed by atoms with Crippen molar-refractivity contribution in [2.24, 2.45) is 0 Å². The lowest BCUT2D eigenvalue weighted by molar-refractivity contribution is 0.255. The number of ether oxygens (including phenoxy) is 4. The van der Waals surface area contributed by atoms with Crippen LogP contribution in [0.4, 0.5) is 0 Å². The molecule has 0 spiro atoms. The van der Waals surface area contributed by atoms with E-state index < -0.39 is 0 Å². The summed E-state index contributed by atoms with van der Waals surface area (Å²) < 4.78 is 23.1. The zero-order chi connectivity index (χ0) is 41.0. The summed E-state index contributed by atoms with van der Waals surface area (Å²) in [6.45, 7) is 0.557. The SMILES string of the molecule is C#CC#CC#CC#CC#CC#CC#CC#COc1ccc(COc2ccc(CCl)cc2OCc2ccc(OC#CC#CC#CC#CC#CC#CC#CC#C)cc2)cc1.[HH].[HH].[HH].[HH].[HH].[HH].[HH].[HH].[HH].[HH].[HH].[HH].[HH].[HH].[HH].[HH].[HH].[HH].[HH].[HH].[HH].[HH]. The van der Waals surface area contributed by atoms with Crippen molar-refractivity contribution in [2.45, 2.75) is 19.1 Å². The first-order chi connectivity index (χ1) is 28.7. The Morgan fingerprint density at radius 2 is 0.690 bits per heavy atom. The second-order valence-electron chi connectivity index (χ2n) is 9.73. The van der Waals surface area contributed by atoms with Crippen LogP contribution < -0.4 is 18.9 Å². The summed E-state index contributed by atoms with van der Waals surface area (Å²) >= 11 is 6.09. The Labute approximate surface area is 378 Å². The van der Waals surface area contributed by atoms with Gasteiger partial charge in [0, 0.05) is 120 Å². The smallest absolute Gasteiger partial charge is 0.162 e. The van der Waals surface area contributed by atoms with Gasteiger partial charge in [-0.2, -0.15) is 0 Å². The van der Waals surface area contributed by atoms with Crippen LogP contribution in [0.25, 0.3) is 0 Å². The van der Waals surface area contributed by atoms with Gasteiger partial charge in [-0.05, 0) is 136 Å². The van der Waals surface area contributed by atoms with Gasteiger partial charge in [0.1, 0.15) is 36.9 Å². The number of terminal acetylenes is 2. The van der Waals surface area contributed by atoms with E-state index in [2.05, 4.69) is 178 Å². The molecule has 58 heavy (non-hydrogen) atoms. The zero-order valence-electron chi connectivity index (χ0n) is 30.1. The lowest BCUT2D eigenvalue weighted by Gasteiger charge is -2.14. The van der Waals surface area contributed by atoms with E-state index in [1.807, 2.05) is 42.5 Å². The Morgan fingerprint density at radius 3 is 1.03 bits per heavy atom. The fourth-order valence-corrected chi connectivity index (χ4v) is 3.64. The van der Waals surface area contributed by atoms with Gasteiger partial charge < -0.3 is 18.9 Å². The van der Waals surface area contributed by atoms with Crippen molar-refractivity contribution < 1.29 is 50.3 Å². The maximum absolute atomic E-state index is 6.13. The van der Waals surface area contributed by atoms with Gasteiger partial charge in [-0.15, -0.1) is 24.4 Å². The van der Waals surface area contributed by atoms with Crippen LogP contribution in [0.15, 0.2) is 66.7 Å². The third-order valence-corrected chi connectivity index (χ3v) is 6.19. The second kappa shape index (κ2) is 28.7. The maximum atomic E-state index is 6.13. The quantitative estimate of drug-likeness (QED) is 0.160. The molecule has 0 aliphatic rings. The minimum absolute atomic E-state index is 0. The Morgan fingerprint density at radius 1 is 0.379 bits per heavy atom. The predicted molar refractivity (Wildman–Crippen MR) is 272 cm³/mol. The molecule has 0 aliphatic carbocycles. The molecule has 3 rings (SSSR count). The van der Waals surface area contributed by atoms with Gasteiger partial charge in [-0.1, -0.05) is 30.3 Å². The largest absolute Gasteiger partial charge is 0.485 e. The minimum Gasteiger partial charge on any atom is -0.485 e. The number of hydrogen-bond acceptors (Lipinski definition) is 4. The van der Waals surface area contributed by atoms with E-state index in [9.17, 15) is 0 Å². The van der Waals surface area contributed by atoms with Crippen molar-refractivity contribution in [1.29, 1.82) is 0 Å². The molecular formula is C53H63ClO4. The molecule has 4 nitrogen and oxygen atoms in total. The summed E-state index contributed by atoms with van der Waals surface area (Å²) in [6.07, 6.45) is 15.0. The molecule has 0 unspecified atom stereocenters. The number of halogens is 1. The maximum Gasteiger partial charge on any atom is 0.162 e. The van der Waals surface area contributed by atoms with Crippen LogP contribution in [0.3, 0.4) is 0 Å². The second-order valence-corrected chi connectivity index (χ2v) is 9.99. The van der Waals surface area contributed by atoms with E-state index in [1.165, 1.54) is 0 Å². The molecule has 0 saturated carbocycles. The fourth-order valence-electron chi connectivity index (χ4n) is 3.48. The Balaban J connectivity index is -0.0000000909. The Kier molecular flexibility index (Phi) is 21.0. The Bertz CT molecular complexity index is 3090. The molecule has 0 bridgehead atoms. The standard InChI is InChI=1S/C53H19ClO4.22H2/c1-3-5-7-9-11-13-15-17-19-21-23-25-27-29-41-55-50-36-31-47(32-37-50)45-57-52-40-35-49(44-54)43-53(52)58-46-48-33-38-51(39-34-48)56-42-30-28-26-24-22-20-18-16-14-12-10-8-6-4-2;;;;;;;;;;;;;;;;;;;;;;/h1-2,31-40,43H,44-46H2;22*1H. The van der Waals surface area contributed by atoms with Gasteiger partial charge in [0.2, 0.25) is 0 Å². The fraction of sp³-hybridized carbons (Fsp3) is 0.0566. The van der Waals surface area contributed by atoms with Crippen molar-refractivity contribution in [2.75, 3.05) is 0 Å². The van der Waals surface area contributed by atoms with E-state index >= 15 is 0 Å². The van der Waals surface area contributed by atoms with E-state index in [0.717, 1.165) is 16.7 Å². The highest BCUT2D eigenvalue weighted by molar-refractivity contribution is 6.17. The van der Waals surface area contributed by atoms with E-state index in [0.29, 0.717) is 28.9 Å². The van der Waals surface area contributed by atoms with Gasteiger partial charge in [-0.25, -0.2) is 0 Å². The molecule has 0 amide bonds. The summed E-state index contributed by atoms with van der Waals surface area (Å²) in [4.78, 5) is 0. The molecule has 306 valence electrons. The molecule has 0 radical (unpaired) electrons. The van der Waals surface area contributed by atoms with Gasteiger partial charge in [-0.3, -0.25) is 0 Å². The van der Waals surface area contributed by atoms with Crippen molar-refractivity contribution in [3.8, 4) is 214 Å². The van der Waals surface area contributed by atoms with Crippen LogP contribution in [-0.2, 0) is 19.1 Å². The topological polar surface area (TPSA) is 36.9 Å². The molecular weight excluding hydrogens is 736 g/mol. The molecule has 0 fully saturated rings. The molecule has 0 N–H and O–H groups in total. The molecule has 0 saturated heterocycles. The predicted octanol–water partition coefficient (Wildman–Crippen LogP) is 11.0. The highest BCUT2D eigenvalue weighted by Gasteiger charge is 2.09. The number of benzene rings is 3. The monoisotopic (exact) mass is 798 g/mol. The van der Waals surface area contributed by atoms with Crippen LogP contribution in [0.1, 0.15) is 48.1 Å². The van der Waals surface area contributed by atoms with Crippen molar-refractivity contribution >= 4 is 11.6 Å².